The van der Waals surface area contributed by atoms with Crippen molar-refractivity contribution in [3.8, 4) is 0 Å². The largest absolute Gasteiger partial charge is 0.324 e. The third-order valence-electron chi connectivity index (χ3n) is 3.79. The first-order valence-electron chi connectivity index (χ1n) is 7.43. The van der Waals surface area contributed by atoms with E-state index in [1.807, 2.05) is 47.9 Å². The maximum atomic E-state index is 12.4. The topological polar surface area (TPSA) is 58.4 Å². The minimum atomic E-state index is -0.0303. The van der Waals surface area contributed by atoms with Gasteiger partial charge in [0.1, 0.15) is 0 Å². The second kappa shape index (κ2) is 6.71. The van der Waals surface area contributed by atoms with Crippen LogP contribution in [-0.2, 0) is 0 Å². The summed E-state index contributed by atoms with van der Waals surface area (Å²) in [6, 6.07) is 7.70. The maximum Gasteiger partial charge on any atom is 0.321 e. The summed E-state index contributed by atoms with van der Waals surface area (Å²) in [6.45, 7) is 8.02. The molecule has 1 aliphatic rings. The molecular formula is C16H25N3OS. The number of hydrogen-bond donors (Lipinski definition) is 2. The van der Waals surface area contributed by atoms with Crippen molar-refractivity contribution in [2.45, 2.75) is 38.0 Å². The highest BCUT2D eigenvalue weighted by atomic mass is 32.2. The number of nitrogens with zero attached hydrogens (tertiary/aromatic N) is 1. The van der Waals surface area contributed by atoms with Crippen molar-refractivity contribution in [2.24, 2.45) is 5.73 Å². The Hall–Kier alpha value is -1.20. The van der Waals surface area contributed by atoms with Crippen LogP contribution in [0.2, 0.25) is 0 Å². The molecule has 4 nitrogen and oxygen atoms in total. The molecule has 5 heteroatoms. The van der Waals surface area contributed by atoms with Crippen molar-refractivity contribution in [2.75, 3.05) is 24.2 Å². The molecule has 3 N–H and O–H groups in total. The molecule has 0 saturated carbocycles. The van der Waals surface area contributed by atoms with Gasteiger partial charge in [0.05, 0.1) is 0 Å². The van der Waals surface area contributed by atoms with Gasteiger partial charge in [-0.25, -0.2) is 4.79 Å². The molecule has 0 aromatic heterocycles. The van der Waals surface area contributed by atoms with Gasteiger partial charge >= 0.3 is 6.03 Å². The number of carbonyl (C=O) groups is 1. The van der Waals surface area contributed by atoms with E-state index in [2.05, 4.69) is 19.2 Å². The van der Waals surface area contributed by atoms with Crippen LogP contribution in [0.3, 0.4) is 0 Å². The summed E-state index contributed by atoms with van der Waals surface area (Å²) in [4.78, 5) is 14.3. The molecule has 0 aliphatic carbocycles. The quantitative estimate of drug-likeness (QED) is 0.879. The number of thioether (sulfide) groups is 1. The lowest BCUT2D eigenvalue weighted by molar-refractivity contribution is 0.214. The zero-order valence-electron chi connectivity index (χ0n) is 13.1. The van der Waals surface area contributed by atoms with E-state index in [9.17, 15) is 4.79 Å². The van der Waals surface area contributed by atoms with Crippen LogP contribution < -0.4 is 11.1 Å². The Morgan fingerprint density at radius 2 is 2.19 bits per heavy atom. The molecule has 2 amide bonds. The molecular weight excluding hydrogens is 282 g/mol. The number of rotatable bonds is 2. The Balaban J connectivity index is 1.99. The van der Waals surface area contributed by atoms with E-state index in [1.165, 1.54) is 0 Å². The number of urea groups is 1. The smallest absolute Gasteiger partial charge is 0.321 e. The Morgan fingerprint density at radius 1 is 1.43 bits per heavy atom. The van der Waals surface area contributed by atoms with Crippen LogP contribution in [0, 0.1) is 0 Å². The molecule has 21 heavy (non-hydrogen) atoms. The average molecular weight is 307 g/mol. The number of amides is 2. The fourth-order valence-corrected chi connectivity index (χ4v) is 3.43. The first kappa shape index (κ1) is 16.2. The Kier molecular flexibility index (Phi) is 5.17. The van der Waals surface area contributed by atoms with Crippen molar-refractivity contribution >= 4 is 23.5 Å². The highest BCUT2D eigenvalue weighted by Gasteiger charge is 2.25. The first-order chi connectivity index (χ1) is 9.87. The Morgan fingerprint density at radius 3 is 2.90 bits per heavy atom. The summed E-state index contributed by atoms with van der Waals surface area (Å²) in [5.74, 6) is 0.986. The number of hydrogen-bond acceptors (Lipinski definition) is 3. The molecule has 1 aliphatic heterocycles. The normalized spacial score (nSPS) is 19.7. The zero-order valence-corrected chi connectivity index (χ0v) is 13.9. The van der Waals surface area contributed by atoms with Gasteiger partial charge in [0.2, 0.25) is 0 Å². The van der Waals surface area contributed by atoms with E-state index in [0.29, 0.717) is 0 Å². The maximum absolute atomic E-state index is 12.4. The SMILES string of the molecule is CC(N)c1cccc(NC(=O)N2CCSC(C)(C)CC2)c1. The predicted molar refractivity (Wildman–Crippen MR) is 90.8 cm³/mol. The second-order valence-corrected chi connectivity index (χ2v) is 7.99. The lowest BCUT2D eigenvalue weighted by Crippen LogP contribution is -2.37. The molecule has 1 atom stereocenters. The van der Waals surface area contributed by atoms with E-state index in [-0.39, 0.29) is 16.8 Å². The number of benzene rings is 1. The predicted octanol–water partition coefficient (Wildman–Crippen LogP) is 3.46. The molecule has 116 valence electrons. The minimum absolute atomic E-state index is 0.0184. The molecule has 0 bridgehead atoms. The standard InChI is InChI=1S/C16H25N3OS/c1-12(17)13-5-4-6-14(11-13)18-15(20)19-8-7-16(2,3)21-10-9-19/h4-6,11-12H,7-10,17H2,1-3H3,(H,18,20). The monoisotopic (exact) mass is 307 g/mol. The van der Waals surface area contributed by atoms with Crippen LogP contribution in [0.5, 0.6) is 0 Å². The van der Waals surface area contributed by atoms with E-state index in [0.717, 1.165) is 36.5 Å². The molecule has 1 fully saturated rings. The van der Waals surface area contributed by atoms with Crippen LogP contribution in [-0.4, -0.2) is 34.5 Å². The number of anilines is 1. The van der Waals surface area contributed by atoms with Crippen molar-refractivity contribution in [1.29, 1.82) is 0 Å². The van der Waals surface area contributed by atoms with Crippen LogP contribution in [0.15, 0.2) is 24.3 Å². The average Bonchev–Trinajstić information content (AvgIpc) is 2.60. The first-order valence-corrected chi connectivity index (χ1v) is 8.41. The molecule has 1 aromatic carbocycles. The van der Waals surface area contributed by atoms with Gasteiger partial charge in [-0.05, 0) is 31.0 Å². The van der Waals surface area contributed by atoms with Gasteiger partial charge in [0.15, 0.2) is 0 Å². The molecule has 1 aromatic rings. The third-order valence-corrected chi connectivity index (χ3v) is 5.16. The lowest BCUT2D eigenvalue weighted by atomic mass is 10.1. The summed E-state index contributed by atoms with van der Waals surface area (Å²) in [5, 5.41) is 2.98. The fourth-order valence-electron chi connectivity index (χ4n) is 2.33. The summed E-state index contributed by atoms with van der Waals surface area (Å²) in [7, 11) is 0. The summed E-state index contributed by atoms with van der Waals surface area (Å²) >= 11 is 1.94. The molecule has 0 radical (unpaired) electrons. The van der Waals surface area contributed by atoms with Crippen LogP contribution in [0.1, 0.15) is 38.8 Å². The molecule has 1 heterocycles. The summed E-state index contributed by atoms with van der Waals surface area (Å²) in [6.07, 6.45) is 1.02. The Bertz CT molecular complexity index is 502. The lowest BCUT2D eigenvalue weighted by Gasteiger charge is -2.23. The highest BCUT2D eigenvalue weighted by Crippen LogP contribution is 2.30. The number of nitrogens with two attached hydrogens (primary N) is 1. The van der Waals surface area contributed by atoms with E-state index in [4.69, 9.17) is 5.73 Å². The van der Waals surface area contributed by atoms with E-state index in [1.54, 1.807) is 0 Å². The van der Waals surface area contributed by atoms with Crippen LogP contribution in [0.4, 0.5) is 10.5 Å². The van der Waals surface area contributed by atoms with Crippen molar-refractivity contribution in [1.82, 2.24) is 4.90 Å². The molecule has 0 spiro atoms. The molecule has 1 unspecified atom stereocenters. The van der Waals surface area contributed by atoms with Crippen LogP contribution >= 0.6 is 11.8 Å². The van der Waals surface area contributed by atoms with Gasteiger partial charge in [-0.3, -0.25) is 0 Å². The van der Waals surface area contributed by atoms with E-state index < -0.39 is 0 Å². The molecule has 1 saturated heterocycles. The van der Waals surface area contributed by atoms with E-state index >= 15 is 0 Å². The summed E-state index contributed by atoms with van der Waals surface area (Å²) in [5.41, 5.74) is 7.72. The van der Waals surface area contributed by atoms with Crippen molar-refractivity contribution in [3.63, 3.8) is 0 Å². The van der Waals surface area contributed by atoms with Crippen molar-refractivity contribution < 1.29 is 4.79 Å². The van der Waals surface area contributed by atoms with Crippen molar-refractivity contribution in [3.05, 3.63) is 29.8 Å². The third kappa shape index (κ3) is 4.64. The zero-order chi connectivity index (χ0) is 15.5. The van der Waals surface area contributed by atoms with Crippen LogP contribution in [0.25, 0.3) is 0 Å². The van der Waals surface area contributed by atoms with Gasteiger partial charge in [0.25, 0.3) is 0 Å². The van der Waals surface area contributed by atoms with Gasteiger partial charge < -0.3 is 16.0 Å². The van der Waals surface area contributed by atoms with Gasteiger partial charge in [0, 0.05) is 35.3 Å². The van der Waals surface area contributed by atoms with Gasteiger partial charge in [-0.2, -0.15) is 11.8 Å². The summed E-state index contributed by atoms with van der Waals surface area (Å²) < 4.78 is 0.254. The number of carbonyl (C=O) groups excluding carboxylic acids is 1. The van der Waals surface area contributed by atoms with Gasteiger partial charge in [-0.1, -0.05) is 26.0 Å². The van der Waals surface area contributed by atoms with Gasteiger partial charge in [-0.15, -0.1) is 0 Å². The minimum Gasteiger partial charge on any atom is -0.324 e. The number of nitrogens with one attached hydrogen (secondary N) is 1. The highest BCUT2D eigenvalue weighted by molar-refractivity contribution is 8.00. The fraction of sp³-hybridized carbons (Fsp3) is 0.562. The molecule has 2 rings (SSSR count). The second-order valence-electron chi connectivity index (χ2n) is 6.19. The Labute approximate surface area is 131 Å².